The summed E-state index contributed by atoms with van der Waals surface area (Å²) in [5, 5.41) is 3.26. The molecule has 21 heavy (non-hydrogen) atoms. The van der Waals surface area contributed by atoms with Crippen LogP contribution in [-0.4, -0.2) is 20.9 Å². The average Bonchev–Trinajstić information content (AvgIpc) is 2.96. The number of halogens is 1. The van der Waals surface area contributed by atoms with Crippen molar-refractivity contribution in [1.82, 2.24) is 15.0 Å². The lowest BCUT2D eigenvalue weighted by Crippen LogP contribution is -2.10. The van der Waals surface area contributed by atoms with Crippen molar-refractivity contribution < 1.29 is 9.18 Å². The van der Waals surface area contributed by atoms with Crippen LogP contribution in [0.15, 0.2) is 49.3 Å². The number of carbonyl (C=O) groups excluding carboxylic acids is 1. The van der Waals surface area contributed by atoms with E-state index >= 15 is 0 Å². The van der Waals surface area contributed by atoms with Crippen LogP contribution in [0, 0.1) is 5.82 Å². The van der Waals surface area contributed by atoms with E-state index in [1.807, 2.05) is 12.1 Å². The minimum Gasteiger partial charge on any atom is -0.346 e. The molecule has 2 N–H and O–H groups in total. The van der Waals surface area contributed by atoms with Crippen molar-refractivity contribution in [3.63, 3.8) is 0 Å². The topological polar surface area (TPSA) is 70.7 Å². The largest absolute Gasteiger partial charge is 0.346 e. The molecule has 0 bridgehead atoms. The number of aromatic amines is 1. The quantitative estimate of drug-likeness (QED) is 0.726. The van der Waals surface area contributed by atoms with E-state index in [1.54, 1.807) is 12.4 Å². The first-order chi connectivity index (χ1) is 10.2. The maximum Gasteiger partial charge on any atom is 0.248 e. The third kappa shape index (κ3) is 2.51. The molecule has 104 valence electrons. The van der Waals surface area contributed by atoms with E-state index in [0.29, 0.717) is 5.69 Å². The van der Waals surface area contributed by atoms with Gasteiger partial charge < -0.3 is 10.3 Å². The van der Waals surface area contributed by atoms with Gasteiger partial charge in [-0.1, -0.05) is 6.58 Å². The highest BCUT2D eigenvalue weighted by molar-refractivity contribution is 5.98. The van der Waals surface area contributed by atoms with Crippen LogP contribution >= 0.6 is 0 Å². The van der Waals surface area contributed by atoms with Crippen molar-refractivity contribution in [3.05, 3.63) is 55.1 Å². The van der Waals surface area contributed by atoms with Crippen molar-refractivity contribution in [2.45, 2.75) is 0 Å². The van der Waals surface area contributed by atoms with Crippen LogP contribution in [0.3, 0.4) is 0 Å². The second-order valence-corrected chi connectivity index (χ2v) is 4.36. The van der Waals surface area contributed by atoms with Gasteiger partial charge in [-0.3, -0.25) is 4.79 Å². The Hall–Kier alpha value is -3.02. The van der Waals surface area contributed by atoms with Gasteiger partial charge in [0.15, 0.2) is 11.6 Å². The predicted octanol–water partition coefficient (Wildman–Crippen LogP) is 2.89. The van der Waals surface area contributed by atoms with Crippen LogP contribution in [-0.2, 0) is 4.79 Å². The van der Waals surface area contributed by atoms with Gasteiger partial charge in [0, 0.05) is 23.3 Å². The number of carbonyl (C=O) groups is 1. The highest BCUT2D eigenvalue weighted by Crippen LogP contribution is 2.23. The smallest absolute Gasteiger partial charge is 0.248 e. The van der Waals surface area contributed by atoms with E-state index in [2.05, 4.69) is 26.8 Å². The van der Waals surface area contributed by atoms with Gasteiger partial charge in [0.25, 0.3) is 0 Å². The van der Waals surface area contributed by atoms with Gasteiger partial charge in [0.1, 0.15) is 5.65 Å². The molecule has 0 saturated heterocycles. The normalized spacial score (nSPS) is 10.5. The lowest BCUT2D eigenvalue weighted by Gasteiger charge is -2.06. The summed E-state index contributed by atoms with van der Waals surface area (Å²) in [6, 6.07) is 6.56. The van der Waals surface area contributed by atoms with Crippen molar-refractivity contribution in [2.75, 3.05) is 5.32 Å². The van der Waals surface area contributed by atoms with Crippen LogP contribution in [0.4, 0.5) is 10.2 Å². The van der Waals surface area contributed by atoms with Gasteiger partial charge >= 0.3 is 0 Å². The molecular weight excluding hydrogens is 271 g/mol. The number of nitrogens with one attached hydrogen (secondary N) is 2. The molecule has 0 aromatic carbocycles. The molecule has 1 amide bonds. The number of nitrogens with zero attached hydrogens (tertiary/aromatic N) is 2. The van der Waals surface area contributed by atoms with Gasteiger partial charge in [-0.25, -0.2) is 14.4 Å². The highest BCUT2D eigenvalue weighted by Gasteiger charge is 2.10. The zero-order valence-electron chi connectivity index (χ0n) is 10.9. The Labute approximate surface area is 119 Å². The Kier molecular flexibility index (Phi) is 3.19. The number of rotatable bonds is 3. The molecule has 0 fully saturated rings. The molecule has 0 spiro atoms. The van der Waals surface area contributed by atoms with E-state index in [0.717, 1.165) is 22.7 Å². The number of hydrogen-bond acceptors (Lipinski definition) is 3. The number of H-pyrrole nitrogens is 1. The Morgan fingerprint density at radius 2 is 2.24 bits per heavy atom. The summed E-state index contributed by atoms with van der Waals surface area (Å²) in [6.45, 7) is 3.32. The number of pyridine rings is 2. The van der Waals surface area contributed by atoms with Crippen LogP contribution in [0.2, 0.25) is 0 Å². The van der Waals surface area contributed by atoms with E-state index in [9.17, 15) is 9.18 Å². The number of anilines is 1. The molecular formula is C15H11FN4O. The first-order valence-corrected chi connectivity index (χ1v) is 6.21. The van der Waals surface area contributed by atoms with Crippen molar-refractivity contribution >= 4 is 22.8 Å². The van der Waals surface area contributed by atoms with Crippen molar-refractivity contribution in [2.24, 2.45) is 0 Å². The number of hydrogen-bond donors (Lipinski definition) is 2. The lowest BCUT2D eigenvalue weighted by atomic mass is 10.1. The van der Waals surface area contributed by atoms with Crippen molar-refractivity contribution in [3.8, 4) is 11.3 Å². The Balaban J connectivity index is 2.03. The van der Waals surface area contributed by atoms with Crippen molar-refractivity contribution in [1.29, 1.82) is 0 Å². The third-order valence-corrected chi connectivity index (χ3v) is 2.97. The van der Waals surface area contributed by atoms with E-state index in [-0.39, 0.29) is 5.82 Å². The second-order valence-electron chi connectivity index (χ2n) is 4.36. The van der Waals surface area contributed by atoms with Gasteiger partial charge in [-0.2, -0.15) is 0 Å². The number of fused-ring (bicyclic) bond motifs is 1. The molecule has 5 nitrogen and oxygen atoms in total. The summed E-state index contributed by atoms with van der Waals surface area (Å²) >= 11 is 0. The molecule has 0 atom stereocenters. The third-order valence-electron chi connectivity index (χ3n) is 2.97. The minimum absolute atomic E-state index is 0.133. The standard InChI is InChI=1S/C15H11FN4O/c1-2-13(21)20-15-11(16)3-4-12(19-15)10-7-9-5-6-17-14(9)18-8-10/h2-8H,1H2,(H,17,18)(H,19,20,21). The zero-order chi connectivity index (χ0) is 14.8. The zero-order valence-corrected chi connectivity index (χ0v) is 10.9. The summed E-state index contributed by atoms with van der Waals surface area (Å²) in [5.74, 6) is -1.26. The molecule has 3 rings (SSSR count). The lowest BCUT2D eigenvalue weighted by molar-refractivity contribution is -0.111. The first-order valence-electron chi connectivity index (χ1n) is 6.21. The molecule has 0 radical (unpaired) electrons. The SMILES string of the molecule is C=CC(=O)Nc1nc(-c2cnc3[nH]ccc3c2)ccc1F. The van der Waals surface area contributed by atoms with Crippen LogP contribution in [0.5, 0.6) is 0 Å². The molecule has 0 saturated carbocycles. The molecule has 6 heteroatoms. The Morgan fingerprint density at radius 1 is 1.38 bits per heavy atom. The summed E-state index contributed by atoms with van der Waals surface area (Å²) in [5.41, 5.74) is 2.02. The molecule has 3 aromatic heterocycles. The Bertz CT molecular complexity index is 841. The van der Waals surface area contributed by atoms with E-state index in [1.165, 1.54) is 12.1 Å². The van der Waals surface area contributed by atoms with Gasteiger partial charge in [-0.05, 0) is 30.3 Å². The van der Waals surface area contributed by atoms with E-state index in [4.69, 9.17) is 0 Å². The predicted molar refractivity (Wildman–Crippen MR) is 78.1 cm³/mol. The van der Waals surface area contributed by atoms with Gasteiger partial charge in [0.05, 0.1) is 5.69 Å². The van der Waals surface area contributed by atoms with Crippen LogP contribution in [0.25, 0.3) is 22.3 Å². The van der Waals surface area contributed by atoms with Gasteiger partial charge in [0.2, 0.25) is 5.91 Å². The fourth-order valence-electron chi connectivity index (χ4n) is 1.94. The monoisotopic (exact) mass is 282 g/mol. The Morgan fingerprint density at radius 3 is 3.05 bits per heavy atom. The van der Waals surface area contributed by atoms with E-state index < -0.39 is 11.7 Å². The second kappa shape index (κ2) is 5.16. The van der Waals surface area contributed by atoms with Crippen LogP contribution < -0.4 is 5.32 Å². The fourth-order valence-corrected chi connectivity index (χ4v) is 1.94. The molecule has 0 unspecified atom stereocenters. The maximum atomic E-state index is 13.7. The number of amides is 1. The summed E-state index contributed by atoms with van der Waals surface area (Å²) in [7, 11) is 0. The first kappa shape index (κ1) is 13.0. The molecule has 0 aliphatic rings. The fraction of sp³-hybridized carbons (Fsp3) is 0. The molecule has 0 aliphatic heterocycles. The molecule has 3 aromatic rings. The highest BCUT2D eigenvalue weighted by atomic mass is 19.1. The minimum atomic E-state index is -0.607. The maximum absolute atomic E-state index is 13.7. The number of aromatic nitrogens is 3. The average molecular weight is 282 g/mol. The summed E-state index contributed by atoms with van der Waals surface area (Å²) in [6.07, 6.45) is 4.48. The molecule has 0 aliphatic carbocycles. The summed E-state index contributed by atoms with van der Waals surface area (Å²) < 4.78 is 13.7. The van der Waals surface area contributed by atoms with Gasteiger partial charge in [-0.15, -0.1) is 0 Å². The summed E-state index contributed by atoms with van der Waals surface area (Å²) in [4.78, 5) is 22.6. The molecule has 3 heterocycles. The van der Waals surface area contributed by atoms with Crippen LogP contribution in [0.1, 0.15) is 0 Å².